The van der Waals surface area contributed by atoms with Crippen molar-refractivity contribution in [3.05, 3.63) is 16.6 Å². The average Bonchev–Trinajstić information content (AvgIpc) is 2.92. The van der Waals surface area contributed by atoms with Crippen LogP contribution < -0.4 is 4.72 Å². The Morgan fingerprint density at radius 1 is 1.41 bits per heavy atom. The first kappa shape index (κ1) is 15.0. The van der Waals surface area contributed by atoms with Gasteiger partial charge in [-0.1, -0.05) is 0 Å². The molecule has 2 aliphatic heterocycles. The molecule has 3 fully saturated rings. The van der Waals surface area contributed by atoms with E-state index in [-0.39, 0.29) is 11.4 Å². The molecule has 1 aromatic heterocycles. The summed E-state index contributed by atoms with van der Waals surface area (Å²) in [6, 6.07) is 0. The minimum absolute atomic E-state index is 0.143. The molecule has 6 nitrogen and oxygen atoms in total. The highest BCUT2D eigenvalue weighted by molar-refractivity contribution is 7.90. The van der Waals surface area contributed by atoms with Crippen molar-refractivity contribution in [2.24, 2.45) is 11.8 Å². The Balaban J connectivity index is 1.32. The Morgan fingerprint density at radius 2 is 2.27 bits per heavy atom. The molecule has 0 spiro atoms. The van der Waals surface area contributed by atoms with Crippen molar-refractivity contribution in [1.82, 2.24) is 14.6 Å². The Hall–Kier alpha value is -0.540. The molecule has 0 aromatic carbocycles. The van der Waals surface area contributed by atoms with E-state index in [0.717, 1.165) is 37.5 Å². The lowest BCUT2D eigenvalue weighted by Crippen LogP contribution is -2.35. The smallest absolute Gasteiger partial charge is 0.214 e. The van der Waals surface area contributed by atoms with Gasteiger partial charge in [-0.25, -0.2) is 18.1 Å². The van der Waals surface area contributed by atoms with Crippen LogP contribution in [-0.4, -0.2) is 55.9 Å². The number of rotatable bonds is 6. The summed E-state index contributed by atoms with van der Waals surface area (Å²) in [7, 11) is -3.09. The number of aromatic nitrogens is 1. The number of thiazole rings is 1. The minimum atomic E-state index is -3.09. The van der Waals surface area contributed by atoms with Crippen molar-refractivity contribution in [2.45, 2.75) is 30.7 Å². The Kier molecular flexibility index (Phi) is 3.98. The van der Waals surface area contributed by atoms with Crippen LogP contribution in [0.2, 0.25) is 0 Å². The van der Waals surface area contributed by atoms with E-state index in [0.29, 0.717) is 25.0 Å². The predicted octanol–water partition coefficient (Wildman–Crippen LogP) is 0.672. The second-order valence-electron chi connectivity index (χ2n) is 6.51. The van der Waals surface area contributed by atoms with Gasteiger partial charge in [0, 0.05) is 43.0 Å². The molecule has 1 aliphatic carbocycles. The number of nitrogens with one attached hydrogen (secondary N) is 1. The van der Waals surface area contributed by atoms with Crippen LogP contribution in [0.15, 0.2) is 11.6 Å². The van der Waals surface area contributed by atoms with Gasteiger partial charge >= 0.3 is 0 Å². The van der Waals surface area contributed by atoms with Crippen LogP contribution in [0.25, 0.3) is 0 Å². The Bertz CT molecular complexity index is 615. The summed E-state index contributed by atoms with van der Waals surface area (Å²) in [5, 5.41) is 2.99. The summed E-state index contributed by atoms with van der Waals surface area (Å²) >= 11 is 1.68. The van der Waals surface area contributed by atoms with Gasteiger partial charge in [0.1, 0.15) is 5.01 Å². The zero-order chi connectivity index (χ0) is 15.2. The molecule has 3 atom stereocenters. The van der Waals surface area contributed by atoms with Crippen LogP contribution in [0.4, 0.5) is 0 Å². The third-order valence-corrected chi connectivity index (χ3v) is 7.55. The number of hydrogen-bond donors (Lipinski definition) is 1. The largest absolute Gasteiger partial charge is 0.376 e. The first-order chi connectivity index (χ1) is 10.6. The summed E-state index contributed by atoms with van der Waals surface area (Å²) in [5.41, 5.74) is 0. The number of hydrogen-bond acceptors (Lipinski definition) is 6. The number of fused-ring (bicyclic) bond motifs is 1. The maximum Gasteiger partial charge on any atom is 0.214 e. The lowest BCUT2D eigenvalue weighted by atomic mass is 9.93. The molecule has 8 heteroatoms. The highest BCUT2D eigenvalue weighted by Gasteiger charge is 2.44. The van der Waals surface area contributed by atoms with Gasteiger partial charge in [-0.3, -0.25) is 4.90 Å². The topological polar surface area (TPSA) is 71.5 Å². The fraction of sp³-hybridized carbons (Fsp3) is 0.786. The standard InChI is InChI=1S/C14H21N3O3S2/c18-22(19,11-1-2-11)16-5-10-9-20-13-7-17(6-12(10)13)8-14-15-3-4-21-14/h3-4,10-13,16H,1-2,5-9H2/t10-,12-,13-/m1/s1. The van der Waals surface area contributed by atoms with Crippen LogP contribution in [0.5, 0.6) is 0 Å². The lowest BCUT2D eigenvalue weighted by molar-refractivity contribution is 0.0942. The fourth-order valence-corrected chi connectivity index (χ4v) is 5.56. The van der Waals surface area contributed by atoms with Crippen molar-refractivity contribution in [2.75, 3.05) is 26.2 Å². The first-order valence-electron chi connectivity index (χ1n) is 7.82. The maximum absolute atomic E-state index is 11.9. The quantitative estimate of drug-likeness (QED) is 0.822. The number of nitrogens with zero attached hydrogens (tertiary/aromatic N) is 2. The SMILES string of the molecule is O=S(=O)(NC[C@@H]1CO[C@@H]2CN(Cc3nccs3)C[C@H]12)C1CC1. The normalized spacial score (nSPS) is 32.5. The van der Waals surface area contributed by atoms with Crippen LogP contribution in [0.1, 0.15) is 17.8 Å². The summed E-state index contributed by atoms with van der Waals surface area (Å²) in [6.07, 6.45) is 3.70. The van der Waals surface area contributed by atoms with Crippen LogP contribution in [0.3, 0.4) is 0 Å². The van der Waals surface area contributed by atoms with E-state index < -0.39 is 10.0 Å². The van der Waals surface area contributed by atoms with Crippen molar-refractivity contribution in [3.8, 4) is 0 Å². The molecule has 2 saturated heterocycles. The van der Waals surface area contributed by atoms with E-state index >= 15 is 0 Å². The molecular weight excluding hydrogens is 322 g/mol. The molecular formula is C14H21N3O3S2. The van der Waals surface area contributed by atoms with E-state index in [2.05, 4.69) is 14.6 Å². The third kappa shape index (κ3) is 3.07. The van der Waals surface area contributed by atoms with Gasteiger partial charge in [0.15, 0.2) is 0 Å². The fourth-order valence-electron chi connectivity index (χ4n) is 3.46. The Morgan fingerprint density at radius 3 is 3.00 bits per heavy atom. The summed E-state index contributed by atoms with van der Waals surface area (Å²) in [4.78, 5) is 6.70. The van der Waals surface area contributed by atoms with Crippen LogP contribution >= 0.6 is 11.3 Å². The van der Waals surface area contributed by atoms with Gasteiger partial charge in [-0.2, -0.15) is 0 Å². The zero-order valence-corrected chi connectivity index (χ0v) is 14.0. The van der Waals surface area contributed by atoms with Crippen LogP contribution in [0, 0.1) is 11.8 Å². The van der Waals surface area contributed by atoms with Gasteiger partial charge in [-0.05, 0) is 12.8 Å². The monoisotopic (exact) mass is 343 g/mol. The number of sulfonamides is 1. The molecule has 1 N–H and O–H groups in total. The highest BCUT2D eigenvalue weighted by atomic mass is 32.2. The van der Waals surface area contributed by atoms with E-state index in [1.165, 1.54) is 0 Å². The lowest BCUT2D eigenvalue weighted by Gasteiger charge is -2.19. The first-order valence-corrected chi connectivity index (χ1v) is 10.3. The molecule has 1 aromatic rings. The van der Waals surface area contributed by atoms with Gasteiger partial charge in [0.05, 0.1) is 24.5 Å². The van der Waals surface area contributed by atoms with Crippen molar-refractivity contribution in [3.63, 3.8) is 0 Å². The molecule has 3 heterocycles. The van der Waals surface area contributed by atoms with Gasteiger partial charge in [0.25, 0.3) is 0 Å². The molecule has 0 unspecified atom stereocenters. The summed E-state index contributed by atoms with van der Waals surface area (Å²) < 4.78 is 32.6. The zero-order valence-electron chi connectivity index (χ0n) is 12.3. The summed E-state index contributed by atoms with van der Waals surface area (Å²) in [5.74, 6) is 0.724. The van der Waals surface area contributed by atoms with Crippen molar-refractivity contribution >= 4 is 21.4 Å². The Labute approximate surface area is 134 Å². The highest BCUT2D eigenvalue weighted by Crippen LogP contribution is 2.35. The number of likely N-dealkylation sites (tertiary alicyclic amines) is 1. The summed E-state index contributed by atoms with van der Waals surface area (Å²) in [6.45, 7) is 3.96. The van der Waals surface area contributed by atoms with Crippen LogP contribution in [-0.2, 0) is 21.3 Å². The second kappa shape index (κ2) is 5.83. The molecule has 0 bridgehead atoms. The minimum Gasteiger partial charge on any atom is -0.376 e. The predicted molar refractivity (Wildman–Crippen MR) is 84.1 cm³/mol. The second-order valence-corrected chi connectivity index (χ2v) is 9.53. The van der Waals surface area contributed by atoms with E-state index in [9.17, 15) is 8.42 Å². The molecule has 22 heavy (non-hydrogen) atoms. The van der Waals surface area contributed by atoms with Crippen molar-refractivity contribution < 1.29 is 13.2 Å². The third-order valence-electron chi connectivity index (χ3n) is 4.87. The molecule has 3 aliphatic rings. The van der Waals surface area contributed by atoms with Gasteiger partial charge in [-0.15, -0.1) is 11.3 Å². The van der Waals surface area contributed by atoms with Gasteiger partial charge in [0.2, 0.25) is 10.0 Å². The van der Waals surface area contributed by atoms with E-state index in [1.807, 2.05) is 11.6 Å². The van der Waals surface area contributed by atoms with Gasteiger partial charge < -0.3 is 4.74 Å². The van der Waals surface area contributed by atoms with E-state index in [1.54, 1.807) is 11.3 Å². The molecule has 0 radical (unpaired) electrons. The van der Waals surface area contributed by atoms with Crippen molar-refractivity contribution in [1.29, 1.82) is 0 Å². The maximum atomic E-state index is 11.9. The van der Waals surface area contributed by atoms with E-state index in [4.69, 9.17) is 4.74 Å². The molecule has 1 saturated carbocycles. The average molecular weight is 343 g/mol. The molecule has 0 amide bonds. The molecule has 4 rings (SSSR count). The molecule has 122 valence electrons. The number of ether oxygens (including phenoxy) is 1.